The van der Waals surface area contributed by atoms with E-state index in [4.69, 9.17) is 4.74 Å². The van der Waals surface area contributed by atoms with Crippen LogP contribution in [-0.2, 0) is 11.3 Å². The number of benzene rings is 2. The highest BCUT2D eigenvalue weighted by atomic mass is 16.5. The van der Waals surface area contributed by atoms with Crippen LogP contribution in [0.1, 0.15) is 12.5 Å². The maximum absolute atomic E-state index is 11.1. The summed E-state index contributed by atoms with van der Waals surface area (Å²) >= 11 is 0. The highest BCUT2D eigenvalue weighted by Crippen LogP contribution is 2.14. The quantitative estimate of drug-likeness (QED) is 0.769. The molecule has 0 aromatic heterocycles. The number of anilines is 1. The fraction of sp³-hybridized carbons (Fsp3) is 0.235. The van der Waals surface area contributed by atoms with Crippen LogP contribution < -0.4 is 15.4 Å². The molecule has 2 rings (SSSR count). The summed E-state index contributed by atoms with van der Waals surface area (Å²) in [5.74, 6) is 0.813. The molecule has 2 N–H and O–H groups in total. The maximum atomic E-state index is 11.1. The SMILES string of the molecule is CC(=O)Nc1ccccc1CNCCOc1ccccc1. The normalized spacial score (nSPS) is 10.1. The van der Waals surface area contributed by atoms with Gasteiger partial charge in [-0.1, -0.05) is 36.4 Å². The van der Waals surface area contributed by atoms with Gasteiger partial charge < -0.3 is 15.4 Å². The van der Waals surface area contributed by atoms with Gasteiger partial charge in [0.25, 0.3) is 0 Å². The standard InChI is InChI=1S/C17H20N2O2/c1-14(20)19-17-10-6-5-7-15(17)13-18-11-12-21-16-8-3-2-4-9-16/h2-10,18H,11-13H2,1H3,(H,19,20). The number of carbonyl (C=O) groups excluding carboxylic acids is 1. The molecule has 2 aromatic rings. The van der Waals surface area contributed by atoms with E-state index in [9.17, 15) is 4.79 Å². The molecule has 0 fully saturated rings. The van der Waals surface area contributed by atoms with Gasteiger partial charge in [-0.15, -0.1) is 0 Å². The first-order chi connectivity index (χ1) is 10.3. The minimum Gasteiger partial charge on any atom is -0.492 e. The fourth-order valence-corrected chi connectivity index (χ4v) is 1.97. The van der Waals surface area contributed by atoms with Gasteiger partial charge in [0.1, 0.15) is 12.4 Å². The highest BCUT2D eigenvalue weighted by Gasteiger charge is 2.02. The Kier molecular flexibility index (Phi) is 5.79. The predicted octanol–water partition coefficient (Wildman–Crippen LogP) is 2.81. The second-order valence-corrected chi connectivity index (χ2v) is 4.68. The predicted molar refractivity (Wildman–Crippen MR) is 84.4 cm³/mol. The lowest BCUT2D eigenvalue weighted by molar-refractivity contribution is -0.114. The molecule has 0 heterocycles. The number of nitrogens with one attached hydrogen (secondary N) is 2. The summed E-state index contributed by atoms with van der Waals surface area (Å²) in [5.41, 5.74) is 1.91. The molecule has 4 heteroatoms. The van der Waals surface area contributed by atoms with Crippen molar-refractivity contribution in [3.63, 3.8) is 0 Å². The third kappa shape index (κ3) is 5.28. The Morgan fingerprint density at radius 1 is 1.05 bits per heavy atom. The van der Waals surface area contributed by atoms with Gasteiger partial charge >= 0.3 is 0 Å². The van der Waals surface area contributed by atoms with Crippen molar-refractivity contribution in [2.24, 2.45) is 0 Å². The van der Waals surface area contributed by atoms with Crippen molar-refractivity contribution in [1.29, 1.82) is 0 Å². The molecule has 0 spiro atoms. The molecule has 0 atom stereocenters. The molecule has 0 aliphatic heterocycles. The number of amides is 1. The van der Waals surface area contributed by atoms with Gasteiger partial charge in [-0.25, -0.2) is 0 Å². The molecule has 0 bridgehead atoms. The van der Waals surface area contributed by atoms with Crippen LogP contribution in [0.15, 0.2) is 54.6 Å². The topological polar surface area (TPSA) is 50.4 Å². The van der Waals surface area contributed by atoms with Crippen molar-refractivity contribution < 1.29 is 9.53 Å². The highest BCUT2D eigenvalue weighted by molar-refractivity contribution is 5.89. The fourth-order valence-electron chi connectivity index (χ4n) is 1.97. The number of ether oxygens (including phenoxy) is 1. The van der Waals surface area contributed by atoms with Gasteiger partial charge in [0.2, 0.25) is 5.91 Å². The van der Waals surface area contributed by atoms with Gasteiger partial charge in [-0.05, 0) is 23.8 Å². The lowest BCUT2D eigenvalue weighted by atomic mass is 10.1. The molecule has 0 radical (unpaired) electrons. The van der Waals surface area contributed by atoms with Crippen LogP contribution in [0.5, 0.6) is 5.75 Å². The number of para-hydroxylation sites is 2. The first kappa shape index (κ1) is 15.1. The number of rotatable bonds is 7. The Bertz CT molecular complexity index is 570. The van der Waals surface area contributed by atoms with Gasteiger partial charge in [-0.2, -0.15) is 0 Å². The van der Waals surface area contributed by atoms with Crippen LogP contribution in [-0.4, -0.2) is 19.1 Å². The van der Waals surface area contributed by atoms with Crippen molar-refractivity contribution in [3.8, 4) is 5.75 Å². The van der Waals surface area contributed by atoms with Crippen molar-refractivity contribution in [2.45, 2.75) is 13.5 Å². The minimum atomic E-state index is -0.0603. The zero-order valence-electron chi connectivity index (χ0n) is 12.1. The zero-order valence-corrected chi connectivity index (χ0v) is 12.1. The summed E-state index contributed by atoms with van der Waals surface area (Å²) in [4.78, 5) is 11.1. The van der Waals surface area contributed by atoms with Crippen LogP contribution in [0.2, 0.25) is 0 Å². The van der Waals surface area contributed by atoms with Crippen LogP contribution in [0.3, 0.4) is 0 Å². The number of hydrogen-bond donors (Lipinski definition) is 2. The third-order valence-electron chi connectivity index (χ3n) is 2.93. The minimum absolute atomic E-state index is 0.0603. The summed E-state index contributed by atoms with van der Waals surface area (Å²) in [5, 5.41) is 6.14. The largest absolute Gasteiger partial charge is 0.492 e. The zero-order chi connectivity index (χ0) is 14.9. The molecule has 1 amide bonds. The molecule has 0 saturated carbocycles. The van der Waals surface area contributed by atoms with Gasteiger partial charge in [0.15, 0.2) is 0 Å². The van der Waals surface area contributed by atoms with Gasteiger partial charge in [-0.3, -0.25) is 4.79 Å². The van der Waals surface area contributed by atoms with Gasteiger partial charge in [0, 0.05) is 25.7 Å². The van der Waals surface area contributed by atoms with Crippen LogP contribution in [0, 0.1) is 0 Å². The van der Waals surface area contributed by atoms with Crippen LogP contribution in [0.25, 0.3) is 0 Å². The first-order valence-corrected chi connectivity index (χ1v) is 7.00. The molecular weight excluding hydrogens is 264 g/mol. The number of carbonyl (C=O) groups is 1. The smallest absolute Gasteiger partial charge is 0.221 e. The van der Waals surface area contributed by atoms with E-state index >= 15 is 0 Å². The third-order valence-corrected chi connectivity index (χ3v) is 2.93. The second kappa shape index (κ2) is 8.07. The average Bonchev–Trinajstić information content (AvgIpc) is 2.49. The van der Waals surface area contributed by atoms with Crippen molar-refractivity contribution in [1.82, 2.24) is 5.32 Å². The van der Waals surface area contributed by atoms with E-state index in [2.05, 4.69) is 10.6 Å². The van der Waals surface area contributed by atoms with Crippen LogP contribution >= 0.6 is 0 Å². The van der Waals surface area contributed by atoms with Crippen molar-refractivity contribution >= 4 is 11.6 Å². The molecule has 0 unspecified atom stereocenters. The molecule has 0 saturated heterocycles. The van der Waals surface area contributed by atoms with E-state index in [0.29, 0.717) is 13.2 Å². The summed E-state index contributed by atoms with van der Waals surface area (Å²) in [6.07, 6.45) is 0. The Hall–Kier alpha value is -2.33. The lowest BCUT2D eigenvalue weighted by Gasteiger charge is -2.11. The molecule has 110 valence electrons. The lowest BCUT2D eigenvalue weighted by Crippen LogP contribution is -2.21. The molecule has 2 aromatic carbocycles. The molecular formula is C17H20N2O2. The van der Waals surface area contributed by atoms with Crippen molar-refractivity contribution in [3.05, 3.63) is 60.2 Å². The maximum Gasteiger partial charge on any atom is 0.221 e. The molecule has 0 aliphatic carbocycles. The summed E-state index contributed by atoms with van der Waals surface area (Å²) in [6, 6.07) is 17.5. The Morgan fingerprint density at radius 2 is 1.76 bits per heavy atom. The van der Waals surface area contributed by atoms with E-state index in [1.807, 2.05) is 54.6 Å². The van der Waals surface area contributed by atoms with Gasteiger partial charge in [0.05, 0.1) is 0 Å². The Labute approximate surface area is 125 Å². The summed E-state index contributed by atoms with van der Waals surface area (Å²) in [6.45, 7) is 3.54. The first-order valence-electron chi connectivity index (χ1n) is 7.00. The van der Waals surface area contributed by atoms with Crippen molar-refractivity contribution in [2.75, 3.05) is 18.5 Å². The monoisotopic (exact) mass is 284 g/mol. The second-order valence-electron chi connectivity index (χ2n) is 4.68. The number of hydrogen-bond acceptors (Lipinski definition) is 3. The Morgan fingerprint density at radius 3 is 2.52 bits per heavy atom. The van der Waals surface area contributed by atoms with Crippen LogP contribution in [0.4, 0.5) is 5.69 Å². The Balaban J connectivity index is 1.75. The van der Waals surface area contributed by atoms with E-state index < -0.39 is 0 Å². The molecule has 21 heavy (non-hydrogen) atoms. The van der Waals surface area contributed by atoms with E-state index in [-0.39, 0.29) is 5.91 Å². The summed E-state index contributed by atoms with van der Waals surface area (Å²) in [7, 11) is 0. The average molecular weight is 284 g/mol. The molecule has 4 nitrogen and oxygen atoms in total. The van der Waals surface area contributed by atoms with E-state index in [1.165, 1.54) is 6.92 Å². The molecule has 0 aliphatic rings. The van der Waals surface area contributed by atoms with E-state index in [0.717, 1.165) is 23.5 Å². The van der Waals surface area contributed by atoms with E-state index in [1.54, 1.807) is 0 Å². The summed E-state index contributed by atoms with van der Waals surface area (Å²) < 4.78 is 5.61.